The van der Waals surface area contributed by atoms with Crippen LogP contribution in [-0.2, 0) is 4.43 Å². The molecule has 18 heavy (non-hydrogen) atoms. The fraction of sp³-hybridized carbons (Fsp3) is 0.600. The first-order valence-electron chi connectivity index (χ1n) is 6.57. The van der Waals surface area contributed by atoms with Gasteiger partial charge in [-0.25, -0.2) is 0 Å². The molecule has 1 aromatic rings. The summed E-state index contributed by atoms with van der Waals surface area (Å²) in [7, 11) is -1.59. The summed E-state index contributed by atoms with van der Waals surface area (Å²) in [5.41, 5.74) is 1.33. The van der Waals surface area contributed by atoms with Crippen LogP contribution >= 0.6 is 15.9 Å². The molecule has 1 rings (SSSR count). The molecular weight excluding hydrogens is 304 g/mol. The van der Waals surface area contributed by atoms with Gasteiger partial charge in [-0.3, -0.25) is 0 Å². The van der Waals surface area contributed by atoms with Crippen molar-refractivity contribution in [3.8, 4) is 0 Å². The van der Waals surface area contributed by atoms with Gasteiger partial charge in [0.15, 0.2) is 8.32 Å². The highest BCUT2D eigenvalue weighted by molar-refractivity contribution is 9.09. The molecule has 0 aromatic heterocycles. The number of benzene rings is 1. The first-order chi connectivity index (χ1) is 8.24. The monoisotopic (exact) mass is 328 g/mol. The van der Waals surface area contributed by atoms with E-state index in [1.165, 1.54) is 5.56 Å². The fourth-order valence-corrected chi connectivity index (χ4v) is 3.02. The number of hydrogen-bond donors (Lipinski definition) is 0. The Kier molecular flexibility index (Phi) is 5.62. The van der Waals surface area contributed by atoms with Gasteiger partial charge >= 0.3 is 0 Å². The van der Waals surface area contributed by atoms with Crippen LogP contribution in [0.1, 0.15) is 37.6 Å². The van der Waals surface area contributed by atoms with Crippen molar-refractivity contribution < 1.29 is 4.43 Å². The van der Waals surface area contributed by atoms with Crippen LogP contribution in [0.15, 0.2) is 30.3 Å². The topological polar surface area (TPSA) is 9.23 Å². The van der Waals surface area contributed by atoms with E-state index in [0.717, 1.165) is 13.0 Å². The van der Waals surface area contributed by atoms with Crippen molar-refractivity contribution in [1.29, 1.82) is 0 Å². The van der Waals surface area contributed by atoms with Gasteiger partial charge in [-0.1, -0.05) is 67.0 Å². The Morgan fingerprint density at radius 3 is 2.22 bits per heavy atom. The van der Waals surface area contributed by atoms with Gasteiger partial charge in [-0.05, 0) is 30.1 Å². The van der Waals surface area contributed by atoms with Gasteiger partial charge in [0.2, 0.25) is 0 Å². The van der Waals surface area contributed by atoms with E-state index in [1.54, 1.807) is 0 Å². The van der Waals surface area contributed by atoms with Gasteiger partial charge < -0.3 is 4.43 Å². The van der Waals surface area contributed by atoms with Crippen molar-refractivity contribution >= 4 is 24.2 Å². The van der Waals surface area contributed by atoms with Crippen molar-refractivity contribution in [2.75, 3.05) is 6.61 Å². The summed E-state index contributed by atoms with van der Waals surface area (Å²) in [6.07, 6.45) is 1.02. The van der Waals surface area contributed by atoms with E-state index in [-0.39, 0.29) is 0 Å². The van der Waals surface area contributed by atoms with Crippen LogP contribution in [0.25, 0.3) is 0 Å². The molecular formula is C15H25BrOSi. The molecule has 0 bridgehead atoms. The van der Waals surface area contributed by atoms with Gasteiger partial charge in [0.05, 0.1) is 0 Å². The molecule has 1 nitrogen and oxygen atoms in total. The lowest BCUT2D eigenvalue weighted by Crippen LogP contribution is -2.41. The number of rotatable bonds is 5. The SMILES string of the molecule is CC(C)(C)[Si](C)(C)OCC[C@@H](Br)c1ccccc1. The Bertz CT molecular complexity index is 357. The average molecular weight is 329 g/mol. The third kappa shape index (κ3) is 4.52. The van der Waals surface area contributed by atoms with Crippen LogP contribution in [-0.4, -0.2) is 14.9 Å². The molecule has 3 heteroatoms. The third-order valence-electron chi connectivity index (χ3n) is 3.80. The predicted octanol–water partition coefficient (Wildman–Crippen LogP) is 5.53. The van der Waals surface area contributed by atoms with Crippen molar-refractivity contribution in [3.63, 3.8) is 0 Å². The molecule has 0 radical (unpaired) electrons. The summed E-state index contributed by atoms with van der Waals surface area (Å²) >= 11 is 3.74. The molecule has 0 spiro atoms. The van der Waals surface area contributed by atoms with Crippen molar-refractivity contribution in [2.45, 2.75) is 50.2 Å². The predicted molar refractivity (Wildman–Crippen MR) is 85.9 cm³/mol. The number of halogens is 1. The highest BCUT2D eigenvalue weighted by atomic mass is 79.9. The molecule has 0 heterocycles. The van der Waals surface area contributed by atoms with Crippen molar-refractivity contribution in [3.05, 3.63) is 35.9 Å². The van der Waals surface area contributed by atoms with E-state index in [0.29, 0.717) is 9.87 Å². The molecule has 0 unspecified atom stereocenters. The van der Waals surface area contributed by atoms with Crippen molar-refractivity contribution in [1.82, 2.24) is 0 Å². The maximum absolute atomic E-state index is 6.19. The molecule has 0 saturated heterocycles. The minimum Gasteiger partial charge on any atom is -0.417 e. The second-order valence-electron chi connectivity index (χ2n) is 6.28. The summed E-state index contributed by atoms with van der Waals surface area (Å²) in [6, 6.07) is 10.5. The Morgan fingerprint density at radius 2 is 1.72 bits per heavy atom. The first kappa shape index (κ1) is 15.9. The summed E-state index contributed by atoms with van der Waals surface area (Å²) in [5, 5.41) is 0.293. The highest BCUT2D eigenvalue weighted by Crippen LogP contribution is 2.37. The molecule has 0 N–H and O–H groups in total. The second-order valence-corrected chi connectivity index (χ2v) is 12.2. The largest absolute Gasteiger partial charge is 0.417 e. The molecule has 0 amide bonds. The molecule has 0 saturated carbocycles. The Hall–Kier alpha value is -0.123. The lowest BCUT2D eigenvalue weighted by molar-refractivity contribution is 0.282. The van der Waals surface area contributed by atoms with Gasteiger partial charge in [-0.15, -0.1) is 0 Å². The summed E-state index contributed by atoms with van der Waals surface area (Å²) in [6.45, 7) is 12.3. The maximum Gasteiger partial charge on any atom is 0.191 e. The normalized spacial score (nSPS) is 14.6. The molecule has 0 aliphatic heterocycles. The van der Waals surface area contributed by atoms with Crippen LogP contribution in [0, 0.1) is 0 Å². The standard InChI is InChI=1S/C15H25BrOSi/c1-15(2,3)18(4,5)17-12-11-14(16)13-9-7-6-8-10-13/h6-10,14H,11-12H2,1-5H3/t14-/m1/s1. The third-order valence-corrected chi connectivity index (χ3v) is 9.33. The molecule has 1 atom stereocenters. The van der Waals surface area contributed by atoms with E-state index >= 15 is 0 Å². The quantitative estimate of drug-likeness (QED) is 0.509. The molecule has 0 aliphatic carbocycles. The maximum atomic E-state index is 6.19. The fourth-order valence-electron chi connectivity index (χ4n) is 1.46. The van der Waals surface area contributed by atoms with E-state index in [4.69, 9.17) is 4.43 Å². The van der Waals surface area contributed by atoms with Crippen LogP contribution in [0.3, 0.4) is 0 Å². The zero-order valence-electron chi connectivity index (χ0n) is 12.2. The van der Waals surface area contributed by atoms with Gasteiger partial charge in [0, 0.05) is 11.4 Å². The molecule has 0 fully saturated rings. The van der Waals surface area contributed by atoms with Crippen LogP contribution < -0.4 is 0 Å². The van der Waals surface area contributed by atoms with Gasteiger partial charge in [-0.2, -0.15) is 0 Å². The van der Waals surface area contributed by atoms with Crippen molar-refractivity contribution in [2.24, 2.45) is 0 Å². The van der Waals surface area contributed by atoms with Crippen LogP contribution in [0.4, 0.5) is 0 Å². The molecule has 0 aliphatic rings. The zero-order valence-corrected chi connectivity index (χ0v) is 14.8. The van der Waals surface area contributed by atoms with Gasteiger partial charge in [0.25, 0.3) is 0 Å². The Labute approximate surface area is 121 Å². The van der Waals surface area contributed by atoms with Crippen LogP contribution in [0.5, 0.6) is 0 Å². The first-order valence-corrected chi connectivity index (χ1v) is 10.4. The minimum atomic E-state index is -1.59. The van der Waals surface area contributed by atoms with Crippen LogP contribution in [0.2, 0.25) is 18.1 Å². The number of hydrogen-bond acceptors (Lipinski definition) is 1. The van der Waals surface area contributed by atoms with Gasteiger partial charge in [0.1, 0.15) is 0 Å². The lowest BCUT2D eigenvalue weighted by Gasteiger charge is -2.36. The number of alkyl halides is 1. The van der Waals surface area contributed by atoms with E-state index in [1.807, 2.05) is 0 Å². The smallest absolute Gasteiger partial charge is 0.191 e. The lowest BCUT2D eigenvalue weighted by atomic mass is 10.1. The van der Waals surface area contributed by atoms with E-state index in [2.05, 4.69) is 80.1 Å². The Morgan fingerprint density at radius 1 is 1.17 bits per heavy atom. The average Bonchev–Trinajstić information content (AvgIpc) is 2.28. The van der Waals surface area contributed by atoms with E-state index in [9.17, 15) is 0 Å². The summed E-state index contributed by atoms with van der Waals surface area (Å²) < 4.78 is 6.19. The molecule has 1 aromatic carbocycles. The summed E-state index contributed by atoms with van der Waals surface area (Å²) in [5.74, 6) is 0. The minimum absolute atomic E-state index is 0.293. The Balaban J connectivity index is 2.43. The van der Waals surface area contributed by atoms with E-state index < -0.39 is 8.32 Å². The second kappa shape index (κ2) is 6.35. The summed E-state index contributed by atoms with van der Waals surface area (Å²) in [4.78, 5) is 0.392. The highest BCUT2D eigenvalue weighted by Gasteiger charge is 2.36. The zero-order chi connectivity index (χ0) is 13.8. The molecule has 102 valence electrons.